The number of carbonyl (C=O) groups is 1. The van der Waals surface area contributed by atoms with Gasteiger partial charge < -0.3 is 0 Å². The highest BCUT2D eigenvalue weighted by atomic mass is 35.5. The summed E-state index contributed by atoms with van der Waals surface area (Å²) in [6.07, 6.45) is 2.68. The summed E-state index contributed by atoms with van der Waals surface area (Å²) in [6, 6.07) is 5.66. The summed E-state index contributed by atoms with van der Waals surface area (Å²) < 4.78 is 0. The summed E-state index contributed by atoms with van der Waals surface area (Å²) in [6.45, 7) is 4.38. The standard InChI is InChI=1S/C14H17ClO/c1-9(2)10-6-7-11-12(14(16)8-10)4-3-5-13(11)15/h3-5,9-10H,6-8H2,1-2H3/t10-/m0/s1. The molecule has 0 fully saturated rings. The van der Waals surface area contributed by atoms with E-state index in [1.165, 1.54) is 0 Å². The molecule has 0 heterocycles. The van der Waals surface area contributed by atoms with Crippen LogP contribution < -0.4 is 0 Å². The summed E-state index contributed by atoms with van der Waals surface area (Å²) in [5.74, 6) is 1.32. The van der Waals surface area contributed by atoms with Crippen molar-refractivity contribution in [1.82, 2.24) is 0 Å². The maximum absolute atomic E-state index is 12.1. The predicted molar refractivity (Wildman–Crippen MR) is 67.0 cm³/mol. The number of halogens is 1. The van der Waals surface area contributed by atoms with Crippen LogP contribution in [0.1, 0.15) is 42.6 Å². The highest BCUT2D eigenvalue weighted by Gasteiger charge is 2.25. The van der Waals surface area contributed by atoms with Crippen molar-refractivity contribution in [3.63, 3.8) is 0 Å². The fourth-order valence-electron chi connectivity index (χ4n) is 2.42. The summed E-state index contributed by atoms with van der Waals surface area (Å²) in [5.41, 5.74) is 1.90. The molecule has 0 saturated heterocycles. The molecule has 0 spiro atoms. The van der Waals surface area contributed by atoms with Crippen LogP contribution in [0.2, 0.25) is 5.02 Å². The van der Waals surface area contributed by atoms with E-state index < -0.39 is 0 Å². The lowest BCUT2D eigenvalue weighted by Crippen LogP contribution is -2.12. The number of Topliss-reactive ketones (excluding diaryl/α,β-unsaturated/α-hetero) is 1. The molecule has 0 saturated carbocycles. The summed E-state index contributed by atoms with van der Waals surface area (Å²) >= 11 is 6.16. The molecule has 16 heavy (non-hydrogen) atoms. The highest BCUT2D eigenvalue weighted by molar-refractivity contribution is 6.32. The Bertz CT molecular complexity index is 409. The molecular formula is C14H17ClO. The molecule has 0 amide bonds. The van der Waals surface area contributed by atoms with Crippen LogP contribution in [0.5, 0.6) is 0 Å². The number of carbonyl (C=O) groups excluding carboxylic acids is 1. The van der Waals surface area contributed by atoms with Gasteiger partial charge in [0.1, 0.15) is 0 Å². The largest absolute Gasteiger partial charge is 0.294 e. The van der Waals surface area contributed by atoms with Gasteiger partial charge in [-0.3, -0.25) is 4.79 Å². The Morgan fingerprint density at radius 2 is 2.12 bits per heavy atom. The van der Waals surface area contributed by atoms with Gasteiger partial charge in [0.25, 0.3) is 0 Å². The van der Waals surface area contributed by atoms with E-state index in [9.17, 15) is 4.79 Å². The maximum Gasteiger partial charge on any atom is 0.163 e. The Kier molecular flexibility index (Phi) is 3.34. The van der Waals surface area contributed by atoms with Crippen molar-refractivity contribution < 1.29 is 4.79 Å². The van der Waals surface area contributed by atoms with E-state index in [-0.39, 0.29) is 5.78 Å². The lowest BCUT2D eigenvalue weighted by Gasteiger charge is -2.16. The molecule has 0 unspecified atom stereocenters. The molecule has 0 aromatic heterocycles. The first-order chi connectivity index (χ1) is 7.59. The van der Waals surface area contributed by atoms with Gasteiger partial charge in [-0.25, -0.2) is 0 Å². The minimum Gasteiger partial charge on any atom is -0.294 e. The van der Waals surface area contributed by atoms with Crippen molar-refractivity contribution in [3.8, 4) is 0 Å². The van der Waals surface area contributed by atoms with Crippen molar-refractivity contribution in [2.45, 2.75) is 33.1 Å². The average molecular weight is 237 g/mol. The van der Waals surface area contributed by atoms with Crippen molar-refractivity contribution in [3.05, 3.63) is 34.3 Å². The van der Waals surface area contributed by atoms with E-state index in [0.29, 0.717) is 18.3 Å². The molecule has 1 aliphatic carbocycles. The van der Waals surface area contributed by atoms with Crippen LogP contribution in [0, 0.1) is 11.8 Å². The van der Waals surface area contributed by atoms with Gasteiger partial charge in [0, 0.05) is 17.0 Å². The third-order valence-electron chi connectivity index (χ3n) is 3.57. The molecule has 0 N–H and O–H groups in total. The minimum atomic E-state index is 0.258. The molecule has 1 nitrogen and oxygen atoms in total. The smallest absolute Gasteiger partial charge is 0.163 e. The predicted octanol–water partition coefficient (Wildman–Crippen LogP) is 4.13. The molecule has 1 aromatic carbocycles. The van der Waals surface area contributed by atoms with Crippen LogP contribution in [0.3, 0.4) is 0 Å². The second-order valence-electron chi connectivity index (χ2n) is 4.94. The average Bonchev–Trinajstić information content (AvgIpc) is 2.40. The van der Waals surface area contributed by atoms with Gasteiger partial charge in [0.05, 0.1) is 0 Å². The van der Waals surface area contributed by atoms with E-state index in [4.69, 9.17) is 11.6 Å². The quantitative estimate of drug-likeness (QED) is 0.670. The molecule has 0 aliphatic heterocycles. The van der Waals surface area contributed by atoms with E-state index >= 15 is 0 Å². The maximum atomic E-state index is 12.1. The number of ketones is 1. The number of benzene rings is 1. The lowest BCUT2D eigenvalue weighted by molar-refractivity contribution is 0.0951. The first-order valence-corrected chi connectivity index (χ1v) is 6.28. The van der Waals surface area contributed by atoms with Crippen LogP contribution >= 0.6 is 11.6 Å². The van der Waals surface area contributed by atoms with E-state index in [1.54, 1.807) is 0 Å². The second kappa shape index (κ2) is 4.58. The van der Waals surface area contributed by atoms with Crippen LogP contribution in [-0.4, -0.2) is 5.78 Å². The zero-order chi connectivity index (χ0) is 11.7. The Balaban J connectivity index is 2.36. The van der Waals surface area contributed by atoms with Gasteiger partial charge in [-0.15, -0.1) is 0 Å². The van der Waals surface area contributed by atoms with Crippen molar-refractivity contribution >= 4 is 17.4 Å². The second-order valence-corrected chi connectivity index (χ2v) is 5.34. The van der Waals surface area contributed by atoms with Crippen molar-refractivity contribution in [1.29, 1.82) is 0 Å². The SMILES string of the molecule is CC(C)[C@H]1CCc2c(Cl)cccc2C(=O)C1. The normalized spacial score (nSPS) is 20.8. The van der Waals surface area contributed by atoms with E-state index in [1.807, 2.05) is 18.2 Å². The van der Waals surface area contributed by atoms with Crippen LogP contribution in [-0.2, 0) is 6.42 Å². The minimum absolute atomic E-state index is 0.258. The molecule has 1 aromatic rings. The number of rotatable bonds is 1. The van der Waals surface area contributed by atoms with Gasteiger partial charge >= 0.3 is 0 Å². The third-order valence-corrected chi connectivity index (χ3v) is 3.93. The first-order valence-electron chi connectivity index (χ1n) is 5.90. The van der Waals surface area contributed by atoms with Gasteiger partial charge in [-0.05, 0) is 36.3 Å². The molecule has 0 bridgehead atoms. The molecule has 1 aliphatic rings. The molecule has 2 heteroatoms. The third kappa shape index (κ3) is 2.15. The van der Waals surface area contributed by atoms with Gasteiger partial charge in [0.15, 0.2) is 5.78 Å². The Morgan fingerprint density at radius 1 is 1.38 bits per heavy atom. The van der Waals surface area contributed by atoms with Crippen molar-refractivity contribution in [2.24, 2.45) is 11.8 Å². The highest BCUT2D eigenvalue weighted by Crippen LogP contribution is 2.32. The fourth-order valence-corrected chi connectivity index (χ4v) is 2.69. The Morgan fingerprint density at radius 3 is 2.81 bits per heavy atom. The van der Waals surface area contributed by atoms with Gasteiger partial charge in [-0.2, -0.15) is 0 Å². The topological polar surface area (TPSA) is 17.1 Å². The van der Waals surface area contributed by atoms with E-state index in [2.05, 4.69) is 13.8 Å². The fraction of sp³-hybridized carbons (Fsp3) is 0.500. The van der Waals surface area contributed by atoms with Crippen LogP contribution in [0.15, 0.2) is 18.2 Å². The van der Waals surface area contributed by atoms with Gasteiger partial charge in [-0.1, -0.05) is 37.6 Å². The Labute approximate surface area is 102 Å². The molecule has 0 radical (unpaired) electrons. The number of fused-ring (bicyclic) bond motifs is 1. The lowest BCUT2D eigenvalue weighted by atomic mass is 9.88. The zero-order valence-electron chi connectivity index (χ0n) is 9.79. The van der Waals surface area contributed by atoms with Gasteiger partial charge in [0.2, 0.25) is 0 Å². The number of hydrogen-bond donors (Lipinski definition) is 0. The van der Waals surface area contributed by atoms with E-state index in [0.717, 1.165) is 29.0 Å². The van der Waals surface area contributed by atoms with Crippen LogP contribution in [0.4, 0.5) is 0 Å². The molecular weight excluding hydrogens is 220 g/mol. The summed E-state index contributed by atoms with van der Waals surface area (Å²) in [5, 5.41) is 0.746. The Hall–Kier alpha value is -0.820. The summed E-state index contributed by atoms with van der Waals surface area (Å²) in [4.78, 5) is 12.1. The number of hydrogen-bond acceptors (Lipinski definition) is 1. The zero-order valence-corrected chi connectivity index (χ0v) is 10.6. The monoisotopic (exact) mass is 236 g/mol. The van der Waals surface area contributed by atoms with Crippen molar-refractivity contribution in [2.75, 3.05) is 0 Å². The first kappa shape index (κ1) is 11.7. The molecule has 1 atom stereocenters. The van der Waals surface area contributed by atoms with Crippen LogP contribution in [0.25, 0.3) is 0 Å². The molecule has 2 rings (SSSR count). The summed E-state index contributed by atoms with van der Waals surface area (Å²) in [7, 11) is 0. The molecule has 86 valence electrons.